The molecule has 118 valence electrons. The summed E-state index contributed by atoms with van der Waals surface area (Å²) in [7, 11) is 0. The van der Waals surface area contributed by atoms with Gasteiger partial charge in [0.15, 0.2) is 0 Å². The first kappa shape index (κ1) is 15.4. The molecule has 7 heteroatoms. The lowest BCUT2D eigenvalue weighted by molar-refractivity contribution is 0.0582. The van der Waals surface area contributed by atoms with Gasteiger partial charge in [-0.1, -0.05) is 0 Å². The Morgan fingerprint density at radius 3 is 2.91 bits per heavy atom. The van der Waals surface area contributed by atoms with Crippen molar-refractivity contribution in [3.8, 4) is 11.9 Å². The number of carbonyl (C=O) groups is 1. The van der Waals surface area contributed by atoms with Gasteiger partial charge in [0.25, 0.3) is 5.91 Å². The van der Waals surface area contributed by atoms with E-state index in [4.69, 9.17) is 10.00 Å². The molecule has 0 N–H and O–H groups in total. The van der Waals surface area contributed by atoms with E-state index in [2.05, 4.69) is 16.0 Å². The highest BCUT2D eigenvalue weighted by Crippen LogP contribution is 2.21. The van der Waals surface area contributed by atoms with Gasteiger partial charge in [0, 0.05) is 37.5 Å². The van der Waals surface area contributed by atoms with E-state index in [0.717, 1.165) is 17.8 Å². The number of hydrogen-bond acceptors (Lipinski definition) is 6. The van der Waals surface area contributed by atoms with Crippen molar-refractivity contribution in [1.82, 2.24) is 14.9 Å². The highest BCUT2D eigenvalue weighted by Gasteiger charge is 2.26. The Hall–Kier alpha value is -2.46. The number of carbonyl (C=O) groups excluding carboxylic acids is 1. The van der Waals surface area contributed by atoms with Crippen LogP contribution in [0.25, 0.3) is 0 Å². The topological polar surface area (TPSA) is 79.1 Å². The molecule has 0 atom stereocenters. The van der Waals surface area contributed by atoms with Gasteiger partial charge in [0.05, 0.1) is 5.01 Å². The quantitative estimate of drug-likeness (QED) is 0.864. The number of nitrogens with zero attached hydrogens (tertiary/aromatic N) is 4. The lowest BCUT2D eigenvalue weighted by Gasteiger charge is -2.31. The zero-order chi connectivity index (χ0) is 16.2. The average molecular weight is 328 g/mol. The van der Waals surface area contributed by atoms with Crippen LogP contribution in [0.3, 0.4) is 0 Å². The van der Waals surface area contributed by atoms with E-state index in [9.17, 15) is 4.79 Å². The highest BCUT2D eigenvalue weighted by atomic mass is 32.1. The SMILES string of the molecule is Cc1nc(C(=O)N2CCC(Oc3ncccc3C#N)CC2)cs1. The molecule has 23 heavy (non-hydrogen) atoms. The molecule has 1 amide bonds. The molecule has 1 saturated heterocycles. The van der Waals surface area contributed by atoms with Crippen LogP contribution in [-0.4, -0.2) is 40.0 Å². The Morgan fingerprint density at radius 1 is 1.48 bits per heavy atom. The van der Waals surface area contributed by atoms with Crippen molar-refractivity contribution < 1.29 is 9.53 Å². The second-order valence-electron chi connectivity index (χ2n) is 5.33. The predicted molar refractivity (Wildman–Crippen MR) is 85.4 cm³/mol. The Labute approximate surface area is 138 Å². The largest absolute Gasteiger partial charge is 0.473 e. The zero-order valence-corrected chi connectivity index (χ0v) is 13.5. The van der Waals surface area contributed by atoms with Crippen molar-refractivity contribution in [2.75, 3.05) is 13.1 Å². The molecule has 0 radical (unpaired) electrons. The predicted octanol–water partition coefficient (Wildman–Crippen LogP) is 2.40. The van der Waals surface area contributed by atoms with Gasteiger partial charge in [-0.3, -0.25) is 4.79 Å². The fraction of sp³-hybridized carbons (Fsp3) is 0.375. The smallest absolute Gasteiger partial charge is 0.273 e. The molecule has 1 fully saturated rings. The fourth-order valence-corrected chi connectivity index (χ4v) is 3.11. The van der Waals surface area contributed by atoms with Crippen molar-refractivity contribution in [2.24, 2.45) is 0 Å². The Morgan fingerprint density at radius 2 is 2.26 bits per heavy atom. The fourth-order valence-electron chi connectivity index (χ4n) is 2.53. The van der Waals surface area contributed by atoms with E-state index in [0.29, 0.717) is 30.2 Å². The van der Waals surface area contributed by atoms with Gasteiger partial charge in [-0.15, -0.1) is 11.3 Å². The van der Waals surface area contributed by atoms with Gasteiger partial charge < -0.3 is 9.64 Å². The second kappa shape index (κ2) is 6.75. The Kier molecular flexibility index (Phi) is 4.53. The van der Waals surface area contributed by atoms with Crippen LogP contribution in [0.2, 0.25) is 0 Å². The molecule has 3 rings (SSSR count). The van der Waals surface area contributed by atoms with Crippen LogP contribution in [0.1, 0.15) is 33.9 Å². The third-order valence-corrected chi connectivity index (χ3v) is 4.51. The first-order valence-corrected chi connectivity index (χ1v) is 8.28. The van der Waals surface area contributed by atoms with E-state index in [-0.39, 0.29) is 12.0 Å². The standard InChI is InChI=1S/C16H16N4O2S/c1-11-19-14(10-23-11)16(21)20-7-4-13(5-8-20)22-15-12(9-17)3-2-6-18-15/h2-3,6,10,13H,4-5,7-8H2,1H3. The number of pyridine rings is 1. The molecule has 3 heterocycles. The monoisotopic (exact) mass is 328 g/mol. The van der Waals surface area contributed by atoms with Gasteiger partial charge >= 0.3 is 0 Å². The van der Waals surface area contributed by atoms with Crippen molar-refractivity contribution in [2.45, 2.75) is 25.9 Å². The minimum absolute atomic E-state index is 0.0247. The summed E-state index contributed by atoms with van der Waals surface area (Å²) in [4.78, 5) is 22.5. The Balaban J connectivity index is 1.58. The summed E-state index contributed by atoms with van der Waals surface area (Å²) in [5.41, 5.74) is 0.951. The van der Waals surface area contributed by atoms with E-state index < -0.39 is 0 Å². The van der Waals surface area contributed by atoms with Crippen LogP contribution in [0.15, 0.2) is 23.7 Å². The summed E-state index contributed by atoms with van der Waals surface area (Å²) < 4.78 is 5.83. The lowest BCUT2D eigenvalue weighted by Crippen LogP contribution is -2.42. The number of nitriles is 1. The first-order valence-electron chi connectivity index (χ1n) is 7.40. The minimum atomic E-state index is -0.0294. The summed E-state index contributed by atoms with van der Waals surface area (Å²) in [6, 6.07) is 5.47. The summed E-state index contributed by atoms with van der Waals surface area (Å²) in [6.45, 7) is 3.13. The van der Waals surface area contributed by atoms with E-state index in [1.165, 1.54) is 11.3 Å². The van der Waals surface area contributed by atoms with Crippen LogP contribution < -0.4 is 4.74 Å². The minimum Gasteiger partial charge on any atom is -0.473 e. The van der Waals surface area contributed by atoms with Gasteiger partial charge in [-0.25, -0.2) is 9.97 Å². The number of likely N-dealkylation sites (tertiary alicyclic amines) is 1. The second-order valence-corrected chi connectivity index (χ2v) is 6.39. The average Bonchev–Trinajstić information content (AvgIpc) is 3.02. The lowest BCUT2D eigenvalue weighted by atomic mass is 10.1. The van der Waals surface area contributed by atoms with Gasteiger partial charge in [-0.05, 0) is 19.1 Å². The maximum atomic E-state index is 12.4. The third kappa shape index (κ3) is 3.48. The maximum absolute atomic E-state index is 12.4. The van der Waals surface area contributed by atoms with Crippen molar-refractivity contribution >= 4 is 17.2 Å². The summed E-state index contributed by atoms with van der Waals surface area (Å²) in [6.07, 6.45) is 3.02. The van der Waals surface area contributed by atoms with Crippen LogP contribution in [0.4, 0.5) is 0 Å². The van der Waals surface area contributed by atoms with Crippen LogP contribution >= 0.6 is 11.3 Å². The molecule has 0 spiro atoms. The van der Waals surface area contributed by atoms with Crippen LogP contribution in [0, 0.1) is 18.3 Å². The molecule has 0 saturated carbocycles. The van der Waals surface area contributed by atoms with Crippen molar-refractivity contribution in [3.63, 3.8) is 0 Å². The molecule has 2 aromatic rings. The summed E-state index contributed by atoms with van der Waals surface area (Å²) in [5, 5.41) is 11.8. The molecular formula is C16H16N4O2S. The number of ether oxygens (including phenoxy) is 1. The molecule has 0 aliphatic carbocycles. The summed E-state index contributed by atoms with van der Waals surface area (Å²) in [5.74, 6) is 0.346. The molecular weight excluding hydrogens is 312 g/mol. The molecule has 1 aliphatic heterocycles. The highest BCUT2D eigenvalue weighted by molar-refractivity contribution is 7.09. The molecule has 2 aromatic heterocycles. The van der Waals surface area contributed by atoms with Gasteiger partial charge in [0.1, 0.15) is 23.4 Å². The molecule has 0 unspecified atom stereocenters. The number of piperidine rings is 1. The molecule has 6 nitrogen and oxygen atoms in total. The van der Waals surface area contributed by atoms with E-state index in [1.807, 2.05) is 6.92 Å². The van der Waals surface area contributed by atoms with Gasteiger partial charge in [-0.2, -0.15) is 5.26 Å². The number of aromatic nitrogens is 2. The molecule has 1 aliphatic rings. The van der Waals surface area contributed by atoms with Crippen LogP contribution in [0.5, 0.6) is 5.88 Å². The van der Waals surface area contributed by atoms with Crippen LogP contribution in [-0.2, 0) is 0 Å². The molecule has 0 aromatic carbocycles. The number of amides is 1. The van der Waals surface area contributed by atoms with E-state index in [1.54, 1.807) is 28.6 Å². The van der Waals surface area contributed by atoms with Crippen molar-refractivity contribution in [3.05, 3.63) is 40.0 Å². The normalized spacial score (nSPS) is 15.2. The summed E-state index contributed by atoms with van der Waals surface area (Å²) >= 11 is 1.48. The number of thiazole rings is 1. The maximum Gasteiger partial charge on any atom is 0.273 e. The van der Waals surface area contributed by atoms with E-state index >= 15 is 0 Å². The molecule has 0 bridgehead atoms. The van der Waals surface area contributed by atoms with Crippen molar-refractivity contribution in [1.29, 1.82) is 5.26 Å². The Bertz CT molecular complexity index is 745. The number of aryl methyl sites for hydroxylation is 1. The zero-order valence-electron chi connectivity index (χ0n) is 12.7. The van der Waals surface area contributed by atoms with Gasteiger partial charge in [0.2, 0.25) is 5.88 Å². The number of rotatable bonds is 3. The third-order valence-electron chi connectivity index (χ3n) is 3.74. The first-order chi connectivity index (χ1) is 11.2. The number of hydrogen-bond donors (Lipinski definition) is 0.